The number of aryl methyl sites for hydroxylation is 1. The van der Waals surface area contributed by atoms with Gasteiger partial charge in [0.15, 0.2) is 0 Å². The lowest BCUT2D eigenvalue weighted by Gasteiger charge is -2.15. The van der Waals surface area contributed by atoms with E-state index in [9.17, 15) is 14.3 Å². The molecule has 1 aliphatic rings. The van der Waals surface area contributed by atoms with E-state index in [4.69, 9.17) is 0 Å². The first kappa shape index (κ1) is 14.0. The molecule has 2 aromatic rings. The average Bonchev–Trinajstić information content (AvgIpc) is 3.00. The summed E-state index contributed by atoms with van der Waals surface area (Å²) < 4.78 is 15.2. The third kappa shape index (κ3) is 2.30. The number of rotatable bonds is 3. The number of fused-ring (bicyclic) bond motifs is 1. The van der Waals surface area contributed by atoms with Crippen molar-refractivity contribution in [1.29, 1.82) is 0 Å². The molecular weight excluding hydrogens is 271 g/mol. The van der Waals surface area contributed by atoms with Gasteiger partial charge in [0, 0.05) is 19.0 Å². The summed E-state index contributed by atoms with van der Waals surface area (Å²) in [6.07, 6.45) is 2.53. The van der Waals surface area contributed by atoms with Gasteiger partial charge in [0.05, 0.1) is 17.0 Å². The maximum absolute atomic E-state index is 13.3. The smallest absolute Gasteiger partial charge is 0.307 e. The second-order valence-corrected chi connectivity index (χ2v) is 5.96. The van der Waals surface area contributed by atoms with Gasteiger partial charge in [-0.05, 0) is 30.9 Å². The summed E-state index contributed by atoms with van der Waals surface area (Å²) in [7, 11) is 1.88. The minimum atomic E-state index is -0.755. The molecule has 1 heterocycles. The zero-order valence-corrected chi connectivity index (χ0v) is 12.2. The van der Waals surface area contributed by atoms with Crippen LogP contribution in [-0.2, 0) is 11.8 Å². The molecule has 1 fully saturated rings. The standard InChI is InChI=1S/C16H19FN2O2/c1-3-9-6-11(12(7-9)16(20)21)15-18-13-8-10(17)4-5-14(13)19(15)2/h4-5,8-9,11-12H,3,6-7H2,1-2H3,(H,20,21). The summed E-state index contributed by atoms with van der Waals surface area (Å²) >= 11 is 0. The minimum Gasteiger partial charge on any atom is -0.481 e. The lowest BCUT2D eigenvalue weighted by molar-refractivity contribution is -0.142. The molecular formula is C16H19FN2O2. The Balaban J connectivity index is 2.06. The number of imidazole rings is 1. The van der Waals surface area contributed by atoms with Crippen molar-refractivity contribution in [3.8, 4) is 0 Å². The summed E-state index contributed by atoms with van der Waals surface area (Å²) in [5.41, 5.74) is 1.44. The molecule has 1 N–H and O–H groups in total. The first-order chi connectivity index (χ1) is 10.0. The van der Waals surface area contributed by atoms with Crippen LogP contribution in [0.3, 0.4) is 0 Å². The third-order valence-corrected chi connectivity index (χ3v) is 4.76. The van der Waals surface area contributed by atoms with Gasteiger partial charge in [0.25, 0.3) is 0 Å². The molecule has 0 spiro atoms. The van der Waals surface area contributed by atoms with Gasteiger partial charge in [0.1, 0.15) is 11.6 Å². The molecule has 0 bridgehead atoms. The van der Waals surface area contributed by atoms with Crippen molar-refractivity contribution in [3.63, 3.8) is 0 Å². The zero-order valence-electron chi connectivity index (χ0n) is 12.2. The quantitative estimate of drug-likeness (QED) is 0.943. The van der Waals surface area contributed by atoms with E-state index >= 15 is 0 Å². The van der Waals surface area contributed by atoms with Crippen LogP contribution in [0.1, 0.15) is 37.9 Å². The first-order valence-corrected chi connectivity index (χ1v) is 7.36. The van der Waals surface area contributed by atoms with Crippen molar-refractivity contribution >= 4 is 17.0 Å². The van der Waals surface area contributed by atoms with Crippen molar-refractivity contribution in [2.45, 2.75) is 32.1 Å². The second-order valence-electron chi connectivity index (χ2n) is 5.96. The Kier molecular flexibility index (Phi) is 3.43. The van der Waals surface area contributed by atoms with Gasteiger partial charge >= 0.3 is 5.97 Å². The molecule has 0 amide bonds. The lowest BCUT2D eigenvalue weighted by Crippen LogP contribution is -2.19. The zero-order chi connectivity index (χ0) is 15.1. The van der Waals surface area contributed by atoms with Crippen molar-refractivity contribution in [3.05, 3.63) is 29.8 Å². The number of aliphatic carboxylic acids is 1. The lowest BCUT2D eigenvalue weighted by atomic mass is 9.95. The van der Waals surface area contributed by atoms with Crippen LogP contribution < -0.4 is 0 Å². The normalized spacial score (nSPS) is 25.6. The molecule has 4 nitrogen and oxygen atoms in total. The number of nitrogens with zero attached hydrogens (tertiary/aromatic N) is 2. The molecule has 3 rings (SSSR count). The van der Waals surface area contributed by atoms with E-state index in [2.05, 4.69) is 11.9 Å². The summed E-state index contributed by atoms with van der Waals surface area (Å²) in [5, 5.41) is 9.47. The van der Waals surface area contributed by atoms with Crippen LogP contribution in [0.25, 0.3) is 11.0 Å². The van der Waals surface area contributed by atoms with Crippen LogP contribution in [0.2, 0.25) is 0 Å². The van der Waals surface area contributed by atoms with Gasteiger partial charge in [-0.1, -0.05) is 13.3 Å². The molecule has 0 saturated heterocycles. The SMILES string of the molecule is CCC1CC(C(=O)O)C(c2nc3cc(F)ccc3n2C)C1. The van der Waals surface area contributed by atoms with Crippen molar-refractivity contribution in [2.24, 2.45) is 18.9 Å². The van der Waals surface area contributed by atoms with Gasteiger partial charge < -0.3 is 9.67 Å². The second kappa shape index (κ2) is 5.13. The van der Waals surface area contributed by atoms with E-state index in [1.165, 1.54) is 12.1 Å². The molecule has 1 saturated carbocycles. The van der Waals surface area contributed by atoms with Crippen LogP contribution in [0, 0.1) is 17.7 Å². The third-order valence-electron chi connectivity index (χ3n) is 4.76. The molecule has 1 aromatic heterocycles. The number of carboxylic acid groups (broad SMARTS) is 1. The van der Waals surface area contributed by atoms with E-state index in [1.54, 1.807) is 6.07 Å². The monoisotopic (exact) mass is 290 g/mol. The van der Waals surface area contributed by atoms with Gasteiger partial charge in [-0.15, -0.1) is 0 Å². The van der Waals surface area contributed by atoms with Crippen LogP contribution >= 0.6 is 0 Å². The van der Waals surface area contributed by atoms with Crippen LogP contribution in [0.4, 0.5) is 4.39 Å². The molecule has 5 heteroatoms. The maximum atomic E-state index is 13.3. The summed E-state index contributed by atoms with van der Waals surface area (Å²) in [6.45, 7) is 2.09. The Bertz CT molecular complexity index is 695. The molecule has 3 unspecified atom stereocenters. The van der Waals surface area contributed by atoms with Gasteiger partial charge in [0.2, 0.25) is 0 Å². The summed E-state index contributed by atoms with van der Waals surface area (Å²) in [5.74, 6) is -0.371. The van der Waals surface area contributed by atoms with Crippen LogP contribution in [-0.4, -0.2) is 20.6 Å². The fourth-order valence-corrected chi connectivity index (χ4v) is 3.56. The van der Waals surface area contributed by atoms with Gasteiger partial charge in [-0.2, -0.15) is 0 Å². The Morgan fingerprint density at radius 3 is 2.90 bits per heavy atom. The van der Waals surface area contributed by atoms with Crippen molar-refractivity contribution in [1.82, 2.24) is 9.55 Å². The van der Waals surface area contributed by atoms with E-state index in [0.29, 0.717) is 17.9 Å². The molecule has 112 valence electrons. The highest BCUT2D eigenvalue weighted by atomic mass is 19.1. The number of hydrogen-bond acceptors (Lipinski definition) is 2. The number of halogens is 1. The first-order valence-electron chi connectivity index (χ1n) is 7.36. The number of aromatic nitrogens is 2. The van der Waals surface area contributed by atoms with Crippen molar-refractivity contribution in [2.75, 3.05) is 0 Å². The Hall–Kier alpha value is -1.91. The topological polar surface area (TPSA) is 55.1 Å². The highest BCUT2D eigenvalue weighted by Gasteiger charge is 2.41. The summed E-state index contributed by atoms with van der Waals surface area (Å²) in [4.78, 5) is 16.0. The molecule has 0 aliphatic heterocycles. The predicted molar refractivity (Wildman–Crippen MR) is 77.6 cm³/mol. The minimum absolute atomic E-state index is 0.0899. The number of benzene rings is 1. The van der Waals surface area contributed by atoms with E-state index in [-0.39, 0.29) is 11.7 Å². The van der Waals surface area contributed by atoms with Crippen LogP contribution in [0.5, 0.6) is 0 Å². The summed E-state index contributed by atoms with van der Waals surface area (Å²) in [6, 6.07) is 4.51. The van der Waals surface area contributed by atoms with E-state index < -0.39 is 11.9 Å². The Morgan fingerprint density at radius 1 is 1.48 bits per heavy atom. The fourth-order valence-electron chi connectivity index (χ4n) is 3.56. The largest absolute Gasteiger partial charge is 0.481 e. The number of carbonyl (C=O) groups is 1. The van der Waals surface area contributed by atoms with E-state index in [0.717, 1.165) is 24.2 Å². The molecule has 1 aromatic carbocycles. The predicted octanol–water partition coefficient (Wildman–Crippen LogP) is 3.32. The maximum Gasteiger partial charge on any atom is 0.307 e. The van der Waals surface area contributed by atoms with E-state index in [1.807, 2.05) is 11.6 Å². The number of hydrogen-bond donors (Lipinski definition) is 1. The van der Waals surface area contributed by atoms with Crippen molar-refractivity contribution < 1.29 is 14.3 Å². The molecule has 0 radical (unpaired) electrons. The molecule has 1 aliphatic carbocycles. The average molecular weight is 290 g/mol. The Morgan fingerprint density at radius 2 is 2.24 bits per heavy atom. The highest BCUT2D eigenvalue weighted by molar-refractivity contribution is 5.77. The fraction of sp³-hybridized carbons (Fsp3) is 0.500. The van der Waals surface area contributed by atoms with Crippen LogP contribution in [0.15, 0.2) is 18.2 Å². The van der Waals surface area contributed by atoms with Gasteiger partial charge in [-0.3, -0.25) is 4.79 Å². The number of carboxylic acids is 1. The van der Waals surface area contributed by atoms with Gasteiger partial charge in [-0.25, -0.2) is 9.37 Å². The molecule has 3 atom stereocenters. The Labute approximate surface area is 122 Å². The highest BCUT2D eigenvalue weighted by Crippen LogP contribution is 2.44. The molecule has 21 heavy (non-hydrogen) atoms.